The Labute approximate surface area is 144 Å². The molecule has 0 radical (unpaired) electrons. The summed E-state index contributed by atoms with van der Waals surface area (Å²) in [4.78, 5) is 6.81. The molecule has 2 rings (SSSR count). The van der Waals surface area contributed by atoms with Crippen molar-refractivity contribution in [2.24, 2.45) is 4.99 Å². The highest BCUT2D eigenvalue weighted by Gasteiger charge is 2.28. The predicted octanol–water partition coefficient (Wildman–Crippen LogP) is 3.25. The molecule has 1 aromatic rings. The average molecular weight is 336 g/mol. The summed E-state index contributed by atoms with van der Waals surface area (Å²) in [6, 6.07) is 9.99. The lowest BCUT2D eigenvalue weighted by Gasteiger charge is -2.39. The molecule has 5 heteroatoms. The highest BCUT2D eigenvalue weighted by atomic mass is 32.2. The van der Waals surface area contributed by atoms with Gasteiger partial charge in [0.25, 0.3) is 0 Å². The fourth-order valence-electron chi connectivity index (χ4n) is 2.66. The highest BCUT2D eigenvalue weighted by Crippen LogP contribution is 2.29. The van der Waals surface area contributed by atoms with Gasteiger partial charge in [0.15, 0.2) is 5.96 Å². The van der Waals surface area contributed by atoms with Crippen LogP contribution >= 0.6 is 11.8 Å². The molecule has 0 bridgehead atoms. The molecule has 0 atom stereocenters. The van der Waals surface area contributed by atoms with Gasteiger partial charge in [-0.15, -0.1) is 0 Å². The van der Waals surface area contributed by atoms with Crippen molar-refractivity contribution >= 4 is 17.7 Å². The number of hydrogen-bond acceptors (Lipinski definition) is 3. The van der Waals surface area contributed by atoms with E-state index in [1.165, 1.54) is 5.75 Å². The van der Waals surface area contributed by atoms with E-state index in [2.05, 4.69) is 29.1 Å². The third kappa shape index (κ3) is 6.34. The lowest BCUT2D eigenvalue weighted by molar-refractivity contribution is 0.306. The van der Waals surface area contributed by atoms with E-state index in [0.717, 1.165) is 50.8 Å². The van der Waals surface area contributed by atoms with Crippen LogP contribution in [0.3, 0.4) is 0 Å². The van der Waals surface area contributed by atoms with Gasteiger partial charge < -0.3 is 15.0 Å². The first-order valence-corrected chi connectivity index (χ1v) is 9.37. The van der Waals surface area contributed by atoms with Crippen molar-refractivity contribution in [3.05, 3.63) is 30.3 Å². The number of aliphatic imine (C=N–C) groups is 1. The molecule has 1 heterocycles. The Hall–Kier alpha value is -1.36. The number of guanidine groups is 1. The van der Waals surface area contributed by atoms with E-state index in [0.29, 0.717) is 4.75 Å². The molecule has 1 fully saturated rings. The van der Waals surface area contributed by atoms with Gasteiger partial charge in [-0.1, -0.05) is 18.2 Å². The van der Waals surface area contributed by atoms with Crippen molar-refractivity contribution in [1.82, 2.24) is 10.2 Å². The molecule has 0 aliphatic carbocycles. The van der Waals surface area contributed by atoms with Crippen molar-refractivity contribution in [1.29, 1.82) is 0 Å². The van der Waals surface area contributed by atoms with Gasteiger partial charge in [0.05, 0.1) is 6.61 Å². The standard InChI is InChI=1S/C18H29N3OS/c1-18(2)15-21(12-14-23-18)17(19-3)20-11-7-8-13-22-16-9-5-4-6-10-16/h4-6,9-10H,7-8,11-15H2,1-3H3,(H,19,20). The zero-order valence-corrected chi connectivity index (χ0v) is 15.4. The van der Waals surface area contributed by atoms with Gasteiger partial charge in [-0.3, -0.25) is 4.99 Å². The van der Waals surface area contributed by atoms with E-state index in [-0.39, 0.29) is 0 Å². The molecule has 1 aliphatic rings. The molecule has 4 nitrogen and oxygen atoms in total. The number of nitrogens with one attached hydrogen (secondary N) is 1. The molecule has 1 saturated heterocycles. The molecule has 1 N–H and O–H groups in total. The van der Waals surface area contributed by atoms with Crippen LogP contribution in [0.2, 0.25) is 0 Å². The van der Waals surface area contributed by atoms with Crippen LogP contribution in [0.15, 0.2) is 35.3 Å². The molecule has 1 aromatic carbocycles. The van der Waals surface area contributed by atoms with Crippen LogP contribution in [-0.4, -0.2) is 54.6 Å². The number of benzene rings is 1. The summed E-state index contributed by atoms with van der Waals surface area (Å²) in [7, 11) is 1.87. The first kappa shape index (κ1) is 18.0. The van der Waals surface area contributed by atoms with Crippen LogP contribution in [0.4, 0.5) is 0 Å². The van der Waals surface area contributed by atoms with Gasteiger partial charge >= 0.3 is 0 Å². The van der Waals surface area contributed by atoms with E-state index in [9.17, 15) is 0 Å². The molecule has 0 amide bonds. The van der Waals surface area contributed by atoms with E-state index in [1.807, 2.05) is 49.1 Å². The molecule has 128 valence electrons. The topological polar surface area (TPSA) is 36.9 Å². The van der Waals surface area contributed by atoms with Gasteiger partial charge in [0, 0.05) is 37.2 Å². The van der Waals surface area contributed by atoms with Crippen molar-refractivity contribution < 1.29 is 4.74 Å². The summed E-state index contributed by atoms with van der Waals surface area (Å²) < 4.78 is 6.02. The smallest absolute Gasteiger partial charge is 0.193 e. The number of thioether (sulfide) groups is 1. The Balaban J connectivity index is 1.62. The summed E-state index contributed by atoms with van der Waals surface area (Å²) >= 11 is 2.04. The van der Waals surface area contributed by atoms with E-state index < -0.39 is 0 Å². The third-order valence-corrected chi connectivity index (χ3v) is 5.10. The number of hydrogen-bond donors (Lipinski definition) is 1. The van der Waals surface area contributed by atoms with Crippen molar-refractivity contribution in [3.8, 4) is 5.75 Å². The lowest BCUT2D eigenvalue weighted by Crippen LogP contribution is -2.51. The molecule has 0 aromatic heterocycles. The van der Waals surface area contributed by atoms with Gasteiger partial charge in [0.2, 0.25) is 0 Å². The maximum Gasteiger partial charge on any atom is 0.193 e. The maximum atomic E-state index is 5.71. The van der Waals surface area contributed by atoms with Crippen molar-refractivity contribution in [2.45, 2.75) is 31.4 Å². The number of ether oxygens (including phenoxy) is 1. The molecule has 0 saturated carbocycles. The summed E-state index contributed by atoms with van der Waals surface area (Å²) in [6.45, 7) is 8.43. The highest BCUT2D eigenvalue weighted by molar-refractivity contribution is 8.00. The van der Waals surface area contributed by atoms with Gasteiger partial charge in [0.1, 0.15) is 5.75 Å². The van der Waals surface area contributed by atoms with Crippen LogP contribution in [0.25, 0.3) is 0 Å². The Morgan fingerprint density at radius 3 is 2.78 bits per heavy atom. The quantitative estimate of drug-likeness (QED) is 0.492. The van der Waals surface area contributed by atoms with Gasteiger partial charge in [-0.05, 0) is 38.8 Å². The van der Waals surface area contributed by atoms with Crippen LogP contribution in [0.5, 0.6) is 5.75 Å². The SMILES string of the molecule is CN=C(NCCCCOc1ccccc1)N1CCSC(C)(C)C1. The fourth-order valence-corrected chi connectivity index (χ4v) is 3.77. The Morgan fingerprint density at radius 2 is 2.09 bits per heavy atom. The number of nitrogens with zero attached hydrogens (tertiary/aromatic N) is 2. The Morgan fingerprint density at radius 1 is 1.30 bits per heavy atom. The summed E-state index contributed by atoms with van der Waals surface area (Å²) in [5, 5.41) is 3.49. The van der Waals surface area contributed by atoms with Gasteiger partial charge in [-0.2, -0.15) is 11.8 Å². The molecule has 0 unspecified atom stereocenters. The second-order valence-electron chi connectivity index (χ2n) is 6.37. The van der Waals surface area contributed by atoms with Crippen LogP contribution in [-0.2, 0) is 0 Å². The van der Waals surface area contributed by atoms with E-state index >= 15 is 0 Å². The van der Waals surface area contributed by atoms with E-state index in [1.54, 1.807) is 0 Å². The van der Waals surface area contributed by atoms with Crippen molar-refractivity contribution in [3.63, 3.8) is 0 Å². The minimum atomic E-state index is 0.305. The molecular formula is C18H29N3OS. The molecule has 0 spiro atoms. The number of rotatable bonds is 6. The monoisotopic (exact) mass is 335 g/mol. The molecule has 1 aliphatic heterocycles. The van der Waals surface area contributed by atoms with Crippen molar-refractivity contribution in [2.75, 3.05) is 39.0 Å². The molecule has 23 heavy (non-hydrogen) atoms. The van der Waals surface area contributed by atoms with Crippen LogP contribution < -0.4 is 10.1 Å². The summed E-state index contributed by atoms with van der Waals surface area (Å²) in [6.07, 6.45) is 2.12. The number of para-hydroxylation sites is 1. The fraction of sp³-hybridized carbons (Fsp3) is 0.611. The lowest BCUT2D eigenvalue weighted by atomic mass is 10.2. The van der Waals surface area contributed by atoms with Crippen LogP contribution in [0.1, 0.15) is 26.7 Å². The Bertz CT molecular complexity index is 490. The first-order chi connectivity index (χ1) is 11.1. The first-order valence-electron chi connectivity index (χ1n) is 8.38. The molecular weight excluding hydrogens is 306 g/mol. The van der Waals surface area contributed by atoms with Crippen LogP contribution in [0, 0.1) is 0 Å². The zero-order chi connectivity index (χ0) is 16.5. The summed E-state index contributed by atoms with van der Waals surface area (Å²) in [5.74, 6) is 3.14. The minimum Gasteiger partial charge on any atom is -0.494 e. The predicted molar refractivity (Wildman–Crippen MR) is 101 cm³/mol. The van der Waals surface area contributed by atoms with Gasteiger partial charge in [-0.25, -0.2) is 0 Å². The zero-order valence-electron chi connectivity index (χ0n) is 14.5. The second kappa shape index (κ2) is 9.06. The maximum absolute atomic E-state index is 5.71. The largest absolute Gasteiger partial charge is 0.494 e. The average Bonchev–Trinajstić information content (AvgIpc) is 2.54. The minimum absolute atomic E-state index is 0.305. The normalized spacial score (nSPS) is 17.9. The van der Waals surface area contributed by atoms with E-state index in [4.69, 9.17) is 4.74 Å². The second-order valence-corrected chi connectivity index (χ2v) is 8.17. The third-order valence-electron chi connectivity index (χ3n) is 3.80. The Kier molecular flexibility index (Phi) is 7.09. The number of unbranched alkanes of at least 4 members (excludes halogenated alkanes) is 1. The summed E-state index contributed by atoms with van der Waals surface area (Å²) in [5.41, 5.74) is 0.